The standard InChI is InChI=1S/C19H28N2O5/c1-12(2)16(21-18(23)26-19(3,4)5)17(22)20-9-8-13-6-7-14-15(10-13)25-11-24-14/h6-7,10,12,16H,8-9,11H2,1-5H3,(H,20,22)(H,21,23). The summed E-state index contributed by atoms with van der Waals surface area (Å²) in [5.74, 6) is 1.17. The Hall–Kier alpha value is -2.44. The molecular weight excluding hydrogens is 336 g/mol. The zero-order valence-electron chi connectivity index (χ0n) is 16.0. The van der Waals surface area contributed by atoms with Crippen molar-refractivity contribution in [2.24, 2.45) is 5.92 Å². The molecule has 1 atom stereocenters. The van der Waals surface area contributed by atoms with E-state index in [4.69, 9.17) is 14.2 Å². The maximum absolute atomic E-state index is 12.4. The van der Waals surface area contributed by atoms with E-state index in [9.17, 15) is 9.59 Å². The molecule has 1 heterocycles. The van der Waals surface area contributed by atoms with Crippen LogP contribution in [0.15, 0.2) is 18.2 Å². The number of ether oxygens (including phenoxy) is 3. The first-order chi connectivity index (χ1) is 12.2. The summed E-state index contributed by atoms with van der Waals surface area (Å²) in [5, 5.41) is 5.51. The molecule has 1 aliphatic rings. The summed E-state index contributed by atoms with van der Waals surface area (Å²) in [4.78, 5) is 24.4. The van der Waals surface area contributed by atoms with Crippen LogP contribution >= 0.6 is 0 Å². The maximum atomic E-state index is 12.4. The van der Waals surface area contributed by atoms with Gasteiger partial charge in [0.2, 0.25) is 12.7 Å². The predicted octanol–water partition coefficient (Wildman–Crippen LogP) is 2.62. The molecule has 2 N–H and O–H groups in total. The maximum Gasteiger partial charge on any atom is 0.408 e. The van der Waals surface area contributed by atoms with Gasteiger partial charge in [0.15, 0.2) is 11.5 Å². The number of nitrogens with one attached hydrogen (secondary N) is 2. The molecule has 0 aromatic heterocycles. The van der Waals surface area contributed by atoms with Crippen LogP contribution in [0.3, 0.4) is 0 Å². The fourth-order valence-corrected chi connectivity index (χ4v) is 2.51. The van der Waals surface area contributed by atoms with Crippen molar-refractivity contribution in [3.8, 4) is 11.5 Å². The van der Waals surface area contributed by atoms with Gasteiger partial charge in [0.1, 0.15) is 11.6 Å². The van der Waals surface area contributed by atoms with Gasteiger partial charge in [0.25, 0.3) is 0 Å². The number of hydrogen-bond donors (Lipinski definition) is 2. The average molecular weight is 364 g/mol. The number of hydrogen-bond acceptors (Lipinski definition) is 5. The molecule has 0 saturated heterocycles. The van der Waals surface area contributed by atoms with Gasteiger partial charge in [-0.1, -0.05) is 19.9 Å². The Kier molecular flexibility index (Phi) is 6.34. The quantitative estimate of drug-likeness (QED) is 0.810. The normalized spacial score (nSPS) is 14.1. The molecule has 0 radical (unpaired) electrons. The van der Waals surface area contributed by atoms with Gasteiger partial charge in [-0.3, -0.25) is 4.79 Å². The molecule has 7 nitrogen and oxygen atoms in total. The molecule has 1 aromatic rings. The van der Waals surface area contributed by atoms with E-state index in [0.29, 0.717) is 13.0 Å². The Balaban J connectivity index is 1.84. The Morgan fingerprint density at radius 2 is 1.88 bits per heavy atom. The van der Waals surface area contributed by atoms with Crippen molar-refractivity contribution in [1.29, 1.82) is 0 Å². The van der Waals surface area contributed by atoms with E-state index in [1.165, 1.54) is 0 Å². The second-order valence-corrected chi connectivity index (χ2v) is 7.60. The largest absolute Gasteiger partial charge is 0.454 e. The molecule has 0 bridgehead atoms. The van der Waals surface area contributed by atoms with Crippen LogP contribution in [0.2, 0.25) is 0 Å². The highest BCUT2D eigenvalue weighted by Gasteiger charge is 2.26. The van der Waals surface area contributed by atoms with Crippen LogP contribution in [-0.2, 0) is 16.0 Å². The van der Waals surface area contributed by atoms with Gasteiger partial charge in [-0.05, 0) is 50.8 Å². The van der Waals surface area contributed by atoms with Crippen molar-refractivity contribution < 1.29 is 23.8 Å². The smallest absolute Gasteiger partial charge is 0.408 e. The van der Waals surface area contributed by atoms with Gasteiger partial charge in [-0.15, -0.1) is 0 Å². The number of benzene rings is 1. The summed E-state index contributed by atoms with van der Waals surface area (Å²) in [5.41, 5.74) is 0.428. The van der Waals surface area contributed by atoms with Crippen molar-refractivity contribution >= 4 is 12.0 Å². The highest BCUT2D eigenvalue weighted by molar-refractivity contribution is 5.85. The van der Waals surface area contributed by atoms with Crippen LogP contribution < -0.4 is 20.1 Å². The summed E-state index contributed by atoms with van der Waals surface area (Å²) in [6, 6.07) is 5.06. The summed E-state index contributed by atoms with van der Waals surface area (Å²) in [6.07, 6.45) is 0.0572. The SMILES string of the molecule is CC(C)C(NC(=O)OC(C)(C)C)C(=O)NCCc1ccc2c(c1)OCO2. The van der Waals surface area contributed by atoms with Crippen molar-refractivity contribution in [2.75, 3.05) is 13.3 Å². The van der Waals surface area contributed by atoms with E-state index < -0.39 is 17.7 Å². The van der Waals surface area contributed by atoms with Gasteiger partial charge in [0, 0.05) is 6.54 Å². The third-order valence-electron chi connectivity index (χ3n) is 3.77. The number of rotatable bonds is 6. The lowest BCUT2D eigenvalue weighted by Gasteiger charge is -2.25. The van der Waals surface area contributed by atoms with Gasteiger partial charge < -0.3 is 24.8 Å². The van der Waals surface area contributed by atoms with Crippen molar-refractivity contribution in [2.45, 2.75) is 52.7 Å². The van der Waals surface area contributed by atoms with Crippen LogP contribution in [0, 0.1) is 5.92 Å². The van der Waals surface area contributed by atoms with E-state index >= 15 is 0 Å². The monoisotopic (exact) mass is 364 g/mol. The topological polar surface area (TPSA) is 85.9 Å². The molecule has 1 aromatic carbocycles. The third-order valence-corrected chi connectivity index (χ3v) is 3.77. The minimum absolute atomic E-state index is 0.0620. The van der Waals surface area contributed by atoms with E-state index in [1.807, 2.05) is 32.0 Å². The van der Waals surface area contributed by atoms with E-state index in [-0.39, 0.29) is 18.6 Å². The number of carbonyl (C=O) groups excluding carboxylic acids is 2. The van der Waals surface area contributed by atoms with Crippen molar-refractivity contribution in [3.63, 3.8) is 0 Å². The van der Waals surface area contributed by atoms with Gasteiger partial charge >= 0.3 is 6.09 Å². The fourth-order valence-electron chi connectivity index (χ4n) is 2.51. The highest BCUT2D eigenvalue weighted by Crippen LogP contribution is 2.32. The van der Waals surface area contributed by atoms with Crippen LogP contribution in [0.5, 0.6) is 11.5 Å². The van der Waals surface area contributed by atoms with Crippen LogP contribution in [0.25, 0.3) is 0 Å². The van der Waals surface area contributed by atoms with E-state index in [2.05, 4.69) is 10.6 Å². The number of alkyl carbamates (subject to hydrolysis) is 1. The molecule has 0 aliphatic carbocycles. The molecule has 2 amide bonds. The first-order valence-electron chi connectivity index (χ1n) is 8.81. The first kappa shape index (κ1) is 19.9. The molecule has 1 unspecified atom stereocenters. The molecule has 0 fully saturated rings. The molecule has 26 heavy (non-hydrogen) atoms. The first-order valence-corrected chi connectivity index (χ1v) is 8.81. The predicted molar refractivity (Wildman–Crippen MR) is 97.3 cm³/mol. The minimum atomic E-state index is -0.651. The van der Waals surface area contributed by atoms with Gasteiger partial charge in [-0.2, -0.15) is 0 Å². The average Bonchev–Trinajstić information content (AvgIpc) is 2.98. The summed E-state index contributed by atoms with van der Waals surface area (Å²) >= 11 is 0. The zero-order chi connectivity index (χ0) is 19.3. The summed E-state index contributed by atoms with van der Waals surface area (Å²) in [6.45, 7) is 9.78. The number of carbonyl (C=O) groups is 2. The molecule has 0 saturated carbocycles. The van der Waals surface area contributed by atoms with Crippen molar-refractivity contribution in [3.05, 3.63) is 23.8 Å². The van der Waals surface area contributed by atoms with E-state index in [0.717, 1.165) is 17.1 Å². The Labute approximate surface area is 154 Å². The zero-order valence-corrected chi connectivity index (χ0v) is 16.0. The van der Waals surface area contributed by atoms with Crippen LogP contribution in [0.4, 0.5) is 4.79 Å². The van der Waals surface area contributed by atoms with Crippen LogP contribution in [0.1, 0.15) is 40.2 Å². The molecule has 1 aliphatic heterocycles. The third kappa shape index (κ3) is 5.82. The van der Waals surface area contributed by atoms with Gasteiger partial charge in [0.05, 0.1) is 0 Å². The minimum Gasteiger partial charge on any atom is -0.454 e. The molecule has 2 rings (SSSR count). The summed E-state index contributed by atoms with van der Waals surface area (Å²) in [7, 11) is 0. The molecular formula is C19H28N2O5. The van der Waals surface area contributed by atoms with Crippen LogP contribution in [-0.4, -0.2) is 37.0 Å². The lowest BCUT2D eigenvalue weighted by molar-refractivity contribution is -0.124. The second-order valence-electron chi connectivity index (χ2n) is 7.60. The Morgan fingerprint density at radius 1 is 1.19 bits per heavy atom. The van der Waals surface area contributed by atoms with Gasteiger partial charge in [-0.25, -0.2) is 4.79 Å². The van der Waals surface area contributed by atoms with Crippen molar-refractivity contribution in [1.82, 2.24) is 10.6 Å². The summed E-state index contributed by atoms with van der Waals surface area (Å²) < 4.78 is 15.9. The molecule has 0 spiro atoms. The second kappa shape index (κ2) is 8.29. The van der Waals surface area contributed by atoms with E-state index in [1.54, 1.807) is 20.8 Å². The highest BCUT2D eigenvalue weighted by atomic mass is 16.7. The Bertz CT molecular complexity index is 652. The lowest BCUT2D eigenvalue weighted by atomic mass is 10.0. The molecule has 7 heteroatoms. The number of fused-ring (bicyclic) bond motifs is 1. The Morgan fingerprint density at radius 3 is 2.54 bits per heavy atom. The fraction of sp³-hybridized carbons (Fsp3) is 0.579. The number of amides is 2. The lowest BCUT2D eigenvalue weighted by Crippen LogP contribution is -2.51. The molecule has 144 valence electrons.